The number of carbonyl (C=O) groups is 1. The highest BCUT2D eigenvalue weighted by Crippen LogP contribution is 2.12. The molecule has 0 aromatic heterocycles. The zero-order valence-electron chi connectivity index (χ0n) is 8.68. The molecule has 4 heteroatoms. The summed E-state index contributed by atoms with van der Waals surface area (Å²) in [4.78, 5) is 11.2. The number of amides is 2. The van der Waals surface area contributed by atoms with E-state index in [0.29, 0.717) is 13.0 Å². The standard InChI is InChI=1S/C9H20N2O2/c1-4-9(3,6-7-12)11-8(13)10-5-2/h12H,4-7H2,1-3H3,(H2,10,11,13). The van der Waals surface area contributed by atoms with E-state index in [4.69, 9.17) is 5.11 Å². The first-order valence-corrected chi connectivity index (χ1v) is 4.75. The molecule has 0 saturated carbocycles. The van der Waals surface area contributed by atoms with Gasteiger partial charge in [0.1, 0.15) is 0 Å². The first-order valence-electron chi connectivity index (χ1n) is 4.75. The summed E-state index contributed by atoms with van der Waals surface area (Å²) >= 11 is 0. The smallest absolute Gasteiger partial charge is 0.315 e. The third-order valence-corrected chi connectivity index (χ3v) is 2.20. The molecule has 0 aliphatic heterocycles. The van der Waals surface area contributed by atoms with Crippen LogP contribution in [0.2, 0.25) is 0 Å². The highest BCUT2D eigenvalue weighted by atomic mass is 16.3. The largest absolute Gasteiger partial charge is 0.396 e. The lowest BCUT2D eigenvalue weighted by Gasteiger charge is -2.28. The maximum absolute atomic E-state index is 11.2. The van der Waals surface area contributed by atoms with Gasteiger partial charge in [-0.15, -0.1) is 0 Å². The zero-order chi connectivity index (χ0) is 10.3. The van der Waals surface area contributed by atoms with E-state index < -0.39 is 0 Å². The lowest BCUT2D eigenvalue weighted by atomic mass is 9.95. The molecule has 3 N–H and O–H groups in total. The summed E-state index contributed by atoms with van der Waals surface area (Å²) in [5, 5.41) is 14.3. The van der Waals surface area contributed by atoms with Crippen molar-refractivity contribution in [1.29, 1.82) is 0 Å². The third kappa shape index (κ3) is 4.72. The van der Waals surface area contributed by atoms with Gasteiger partial charge in [0.2, 0.25) is 0 Å². The van der Waals surface area contributed by atoms with Crippen LogP contribution in [0, 0.1) is 0 Å². The quantitative estimate of drug-likeness (QED) is 0.599. The number of aliphatic hydroxyl groups is 1. The number of carbonyl (C=O) groups excluding carboxylic acids is 1. The van der Waals surface area contributed by atoms with E-state index in [-0.39, 0.29) is 18.2 Å². The van der Waals surface area contributed by atoms with Gasteiger partial charge in [0.25, 0.3) is 0 Å². The van der Waals surface area contributed by atoms with E-state index in [9.17, 15) is 4.79 Å². The van der Waals surface area contributed by atoms with Crippen molar-refractivity contribution in [2.45, 2.75) is 39.2 Å². The fourth-order valence-corrected chi connectivity index (χ4v) is 1.05. The van der Waals surface area contributed by atoms with Crippen LogP contribution in [0.5, 0.6) is 0 Å². The van der Waals surface area contributed by atoms with Crippen molar-refractivity contribution in [2.24, 2.45) is 0 Å². The number of nitrogens with one attached hydrogen (secondary N) is 2. The molecule has 0 heterocycles. The first kappa shape index (κ1) is 12.2. The molecule has 13 heavy (non-hydrogen) atoms. The van der Waals surface area contributed by atoms with Crippen molar-refractivity contribution < 1.29 is 9.90 Å². The first-order chi connectivity index (χ1) is 6.08. The summed E-state index contributed by atoms with van der Waals surface area (Å²) in [6.45, 7) is 6.50. The molecule has 0 bridgehead atoms. The number of hydrogen-bond acceptors (Lipinski definition) is 2. The molecule has 0 aliphatic carbocycles. The highest BCUT2D eigenvalue weighted by Gasteiger charge is 2.22. The van der Waals surface area contributed by atoms with Crippen molar-refractivity contribution >= 4 is 6.03 Å². The van der Waals surface area contributed by atoms with Gasteiger partial charge in [-0.05, 0) is 26.7 Å². The van der Waals surface area contributed by atoms with Crippen molar-refractivity contribution in [2.75, 3.05) is 13.2 Å². The number of rotatable bonds is 5. The van der Waals surface area contributed by atoms with Gasteiger partial charge in [-0.3, -0.25) is 0 Å². The maximum Gasteiger partial charge on any atom is 0.315 e. The zero-order valence-corrected chi connectivity index (χ0v) is 8.68. The van der Waals surface area contributed by atoms with Crippen LogP contribution in [0.4, 0.5) is 4.79 Å². The van der Waals surface area contributed by atoms with Crippen LogP contribution < -0.4 is 10.6 Å². The maximum atomic E-state index is 11.2. The molecule has 78 valence electrons. The predicted octanol–water partition coefficient (Wildman–Crippen LogP) is 0.857. The van der Waals surface area contributed by atoms with Gasteiger partial charge < -0.3 is 15.7 Å². The molecule has 1 atom stereocenters. The van der Waals surface area contributed by atoms with Gasteiger partial charge in [0, 0.05) is 18.7 Å². The van der Waals surface area contributed by atoms with Gasteiger partial charge in [-0.2, -0.15) is 0 Å². The molecule has 0 aliphatic rings. The summed E-state index contributed by atoms with van der Waals surface area (Å²) in [5.74, 6) is 0. The molecular weight excluding hydrogens is 168 g/mol. The van der Waals surface area contributed by atoms with Crippen LogP contribution in [0.3, 0.4) is 0 Å². The Morgan fingerprint density at radius 2 is 2.08 bits per heavy atom. The summed E-state index contributed by atoms with van der Waals surface area (Å²) in [7, 11) is 0. The molecule has 0 aromatic carbocycles. The molecule has 2 amide bonds. The van der Waals surface area contributed by atoms with Crippen LogP contribution in [0.15, 0.2) is 0 Å². The van der Waals surface area contributed by atoms with E-state index in [0.717, 1.165) is 6.42 Å². The average Bonchev–Trinajstić information content (AvgIpc) is 2.05. The topological polar surface area (TPSA) is 61.4 Å². The summed E-state index contributed by atoms with van der Waals surface area (Å²) in [5.41, 5.74) is -0.298. The number of urea groups is 1. The van der Waals surface area contributed by atoms with E-state index in [2.05, 4.69) is 10.6 Å². The van der Waals surface area contributed by atoms with Crippen molar-refractivity contribution in [3.8, 4) is 0 Å². The lowest BCUT2D eigenvalue weighted by molar-refractivity contribution is 0.201. The third-order valence-electron chi connectivity index (χ3n) is 2.20. The SMILES string of the molecule is CCNC(=O)NC(C)(CC)CCO. The highest BCUT2D eigenvalue weighted by molar-refractivity contribution is 5.74. The Balaban J connectivity index is 4.02. The molecule has 4 nitrogen and oxygen atoms in total. The van der Waals surface area contributed by atoms with E-state index in [1.54, 1.807) is 0 Å². The van der Waals surface area contributed by atoms with Gasteiger partial charge in [-0.1, -0.05) is 6.92 Å². The fraction of sp³-hybridized carbons (Fsp3) is 0.889. The second kappa shape index (κ2) is 5.80. The van der Waals surface area contributed by atoms with Gasteiger partial charge in [0.05, 0.1) is 0 Å². The molecule has 0 fully saturated rings. The minimum Gasteiger partial charge on any atom is -0.396 e. The van der Waals surface area contributed by atoms with Crippen LogP contribution in [-0.2, 0) is 0 Å². The Morgan fingerprint density at radius 3 is 2.46 bits per heavy atom. The Labute approximate surface area is 79.7 Å². The molecule has 0 aromatic rings. The molecule has 0 rings (SSSR count). The Hall–Kier alpha value is -0.770. The molecule has 0 radical (unpaired) electrons. The Bertz CT molecular complexity index is 162. The lowest BCUT2D eigenvalue weighted by Crippen LogP contribution is -2.50. The minimum atomic E-state index is -0.298. The van der Waals surface area contributed by atoms with E-state index >= 15 is 0 Å². The van der Waals surface area contributed by atoms with Crippen molar-refractivity contribution in [1.82, 2.24) is 10.6 Å². The van der Waals surface area contributed by atoms with E-state index in [1.807, 2.05) is 20.8 Å². The Morgan fingerprint density at radius 1 is 1.46 bits per heavy atom. The van der Waals surface area contributed by atoms with Crippen LogP contribution in [0.1, 0.15) is 33.6 Å². The minimum absolute atomic E-state index is 0.0940. The van der Waals surface area contributed by atoms with Crippen molar-refractivity contribution in [3.63, 3.8) is 0 Å². The Kier molecular flexibility index (Phi) is 5.46. The van der Waals surface area contributed by atoms with E-state index in [1.165, 1.54) is 0 Å². The normalized spacial score (nSPS) is 14.8. The van der Waals surface area contributed by atoms with Gasteiger partial charge >= 0.3 is 6.03 Å². The monoisotopic (exact) mass is 188 g/mol. The number of hydrogen-bond donors (Lipinski definition) is 3. The van der Waals surface area contributed by atoms with Crippen LogP contribution in [-0.4, -0.2) is 29.8 Å². The van der Waals surface area contributed by atoms with Crippen molar-refractivity contribution in [3.05, 3.63) is 0 Å². The van der Waals surface area contributed by atoms with Gasteiger partial charge in [0.15, 0.2) is 0 Å². The molecule has 1 unspecified atom stereocenters. The average molecular weight is 188 g/mol. The predicted molar refractivity (Wildman–Crippen MR) is 52.6 cm³/mol. The van der Waals surface area contributed by atoms with Crippen LogP contribution in [0.25, 0.3) is 0 Å². The fourth-order valence-electron chi connectivity index (χ4n) is 1.05. The molecule has 0 saturated heterocycles. The number of aliphatic hydroxyl groups excluding tert-OH is 1. The summed E-state index contributed by atoms with van der Waals surface area (Å²) in [6, 6.07) is -0.166. The second-order valence-corrected chi connectivity index (χ2v) is 3.37. The van der Waals surface area contributed by atoms with Gasteiger partial charge in [-0.25, -0.2) is 4.79 Å². The second-order valence-electron chi connectivity index (χ2n) is 3.37. The molecule has 0 spiro atoms. The summed E-state index contributed by atoms with van der Waals surface area (Å²) < 4.78 is 0. The summed E-state index contributed by atoms with van der Waals surface area (Å²) in [6.07, 6.45) is 1.39. The van der Waals surface area contributed by atoms with Crippen LogP contribution >= 0.6 is 0 Å². The molecular formula is C9H20N2O2.